The number of ether oxygens (including phenoxy) is 1. The number of alkyl carbamates (subject to hydrolysis) is 1. The van der Waals surface area contributed by atoms with E-state index in [0.29, 0.717) is 17.7 Å². The minimum atomic E-state index is -3.82. The molecule has 2 aromatic heterocycles. The highest BCUT2D eigenvalue weighted by molar-refractivity contribution is 7.92. The van der Waals surface area contributed by atoms with E-state index in [0.717, 1.165) is 12.1 Å². The van der Waals surface area contributed by atoms with E-state index >= 15 is 8.78 Å². The monoisotopic (exact) mass is 551 g/mol. The average Bonchev–Trinajstić information content (AvgIpc) is 3.30. The van der Waals surface area contributed by atoms with Crippen molar-refractivity contribution in [1.29, 1.82) is 0 Å². The molecule has 0 bridgehead atoms. The summed E-state index contributed by atoms with van der Waals surface area (Å²) in [4.78, 5) is 20.0. The van der Waals surface area contributed by atoms with Crippen molar-refractivity contribution < 1.29 is 26.7 Å². The third-order valence-electron chi connectivity index (χ3n) is 5.37. The van der Waals surface area contributed by atoms with Crippen LogP contribution < -0.4 is 15.4 Å². The summed E-state index contributed by atoms with van der Waals surface area (Å²) in [7, 11) is -2.56. The highest BCUT2D eigenvalue weighted by Crippen LogP contribution is 2.37. The maximum absolute atomic E-state index is 15.6. The van der Waals surface area contributed by atoms with Gasteiger partial charge in [-0.15, -0.1) is 0 Å². The molecule has 1 aromatic carbocycles. The van der Waals surface area contributed by atoms with Gasteiger partial charge in [0.25, 0.3) is 0 Å². The first-order valence-corrected chi connectivity index (χ1v) is 13.6. The number of sulfonamides is 1. The maximum atomic E-state index is 15.6. The summed E-state index contributed by atoms with van der Waals surface area (Å²) in [5, 5.41) is 10.0. The zero-order valence-electron chi connectivity index (χ0n) is 21.7. The van der Waals surface area contributed by atoms with E-state index in [1.165, 1.54) is 18.0 Å². The first kappa shape index (κ1) is 28.8. The van der Waals surface area contributed by atoms with E-state index in [9.17, 15) is 13.2 Å². The number of methoxy groups -OCH3 is 1. The molecule has 3 aromatic rings. The molecule has 14 heteroatoms. The first-order valence-electron chi connectivity index (χ1n) is 12.0. The summed E-state index contributed by atoms with van der Waals surface area (Å²) >= 11 is 0. The van der Waals surface area contributed by atoms with Gasteiger partial charge in [-0.1, -0.05) is 6.92 Å². The third kappa shape index (κ3) is 6.94. The third-order valence-corrected chi connectivity index (χ3v) is 6.85. The fraction of sp³-hybridized carbons (Fsp3) is 0.417. The molecule has 0 aliphatic carbocycles. The Hall–Kier alpha value is -3.81. The molecular formula is C24H31F2N7O4S. The van der Waals surface area contributed by atoms with Gasteiger partial charge in [0.15, 0.2) is 5.82 Å². The van der Waals surface area contributed by atoms with Crippen molar-refractivity contribution in [2.24, 2.45) is 0 Å². The van der Waals surface area contributed by atoms with Gasteiger partial charge in [-0.25, -0.2) is 32.0 Å². The Kier molecular flexibility index (Phi) is 9.20. The van der Waals surface area contributed by atoms with Crippen LogP contribution in [0.4, 0.5) is 25.2 Å². The molecule has 0 saturated carbocycles. The van der Waals surface area contributed by atoms with Crippen LogP contribution in [0.25, 0.3) is 22.5 Å². The van der Waals surface area contributed by atoms with Crippen LogP contribution in [0.2, 0.25) is 0 Å². The number of nitrogens with one attached hydrogen (secondary N) is 3. The van der Waals surface area contributed by atoms with Crippen LogP contribution in [0.15, 0.2) is 30.6 Å². The predicted molar refractivity (Wildman–Crippen MR) is 140 cm³/mol. The van der Waals surface area contributed by atoms with Gasteiger partial charge in [-0.05, 0) is 45.4 Å². The highest BCUT2D eigenvalue weighted by Gasteiger charge is 2.25. The van der Waals surface area contributed by atoms with Crippen molar-refractivity contribution in [2.45, 2.75) is 46.2 Å². The molecule has 1 amide bonds. The zero-order valence-corrected chi connectivity index (χ0v) is 22.6. The fourth-order valence-electron chi connectivity index (χ4n) is 3.51. The maximum Gasteiger partial charge on any atom is 0.407 e. The minimum Gasteiger partial charge on any atom is -0.453 e. The number of carbonyl (C=O) groups excluding carboxylic acids is 1. The number of hydrogen-bond acceptors (Lipinski definition) is 8. The van der Waals surface area contributed by atoms with E-state index in [2.05, 4.69) is 35.2 Å². The van der Waals surface area contributed by atoms with Crippen molar-refractivity contribution in [1.82, 2.24) is 25.1 Å². The Balaban J connectivity index is 2.03. The SMILES string of the molecule is CCCS(=O)(=O)Nc1ccc(F)c(-c2nn(C(C)C)cc2-c2ccnc(NCC(C)NC(=O)OC)n2)c1F. The van der Waals surface area contributed by atoms with E-state index in [1.54, 1.807) is 26.1 Å². The lowest BCUT2D eigenvalue weighted by molar-refractivity contribution is 0.168. The first-order chi connectivity index (χ1) is 18.0. The topological polar surface area (TPSA) is 140 Å². The fourth-order valence-corrected chi connectivity index (χ4v) is 4.65. The molecule has 0 saturated heterocycles. The Morgan fingerprint density at radius 2 is 1.92 bits per heavy atom. The molecule has 1 atom stereocenters. The Morgan fingerprint density at radius 1 is 1.18 bits per heavy atom. The second kappa shape index (κ2) is 12.2. The van der Waals surface area contributed by atoms with Crippen molar-refractivity contribution in [3.8, 4) is 22.5 Å². The molecule has 3 N–H and O–H groups in total. The van der Waals surface area contributed by atoms with Gasteiger partial charge in [-0.3, -0.25) is 9.40 Å². The molecule has 0 radical (unpaired) electrons. The van der Waals surface area contributed by atoms with Gasteiger partial charge < -0.3 is 15.4 Å². The second-order valence-corrected chi connectivity index (χ2v) is 10.7. The number of amides is 1. The van der Waals surface area contributed by atoms with Gasteiger partial charge in [-0.2, -0.15) is 5.10 Å². The molecule has 0 spiro atoms. The van der Waals surface area contributed by atoms with Crippen molar-refractivity contribution in [3.63, 3.8) is 0 Å². The summed E-state index contributed by atoms with van der Waals surface area (Å²) in [6, 6.07) is 3.14. The summed E-state index contributed by atoms with van der Waals surface area (Å²) in [5.74, 6) is -2.00. The number of benzene rings is 1. The number of hydrogen-bond donors (Lipinski definition) is 3. The van der Waals surface area contributed by atoms with Crippen LogP contribution in [0, 0.1) is 11.6 Å². The highest BCUT2D eigenvalue weighted by atomic mass is 32.2. The lowest BCUT2D eigenvalue weighted by atomic mass is 10.0. The number of anilines is 2. The predicted octanol–water partition coefficient (Wildman–Crippen LogP) is 4.17. The molecule has 3 rings (SSSR count). The summed E-state index contributed by atoms with van der Waals surface area (Å²) in [5.41, 5.74) is -0.266. The molecule has 0 aliphatic heterocycles. The molecule has 206 valence electrons. The van der Waals surface area contributed by atoms with Gasteiger partial charge in [0.05, 0.1) is 29.8 Å². The zero-order chi connectivity index (χ0) is 28.0. The van der Waals surface area contributed by atoms with Crippen LogP contribution in [0.5, 0.6) is 0 Å². The van der Waals surface area contributed by atoms with E-state index in [-0.39, 0.29) is 41.7 Å². The van der Waals surface area contributed by atoms with E-state index < -0.39 is 33.3 Å². The number of carbonyl (C=O) groups is 1. The van der Waals surface area contributed by atoms with Crippen LogP contribution in [-0.4, -0.2) is 59.7 Å². The van der Waals surface area contributed by atoms with Crippen LogP contribution in [-0.2, 0) is 14.8 Å². The molecule has 0 aliphatic rings. The molecule has 11 nitrogen and oxygen atoms in total. The second-order valence-electron chi connectivity index (χ2n) is 8.85. The van der Waals surface area contributed by atoms with E-state index in [1.807, 2.05) is 13.8 Å². The minimum absolute atomic E-state index is 0.0457. The molecular weight excluding hydrogens is 520 g/mol. The Bertz CT molecular complexity index is 1400. The summed E-state index contributed by atoms with van der Waals surface area (Å²) in [6.07, 6.45) is 2.83. The molecule has 2 heterocycles. The van der Waals surface area contributed by atoms with Crippen molar-refractivity contribution in [3.05, 3.63) is 42.2 Å². The number of nitrogens with zero attached hydrogens (tertiary/aromatic N) is 4. The molecule has 38 heavy (non-hydrogen) atoms. The molecule has 1 unspecified atom stereocenters. The lowest BCUT2D eigenvalue weighted by Crippen LogP contribution is -2.37. The Labute approximate surface area is 220 Å². The average molecular weight is 552 g/mol. The number of rotatable bonds is 11. The van der Waals surface area contributed by atoms with Gasteiger partial charge in [0.2, 0.25) is 16.0 Å². The van der Waals surface area contributed by atoms with Crippen molar-refractivity contribution >= 4 is 27.8 Å². The number of aromatic nitrogens is 4. The largest absolute Gasteiger partial charge is 0.453 e. The summed E-state index contributed by atoms with van der Waals surface area (Å²) < 4.78 is 63.5. The number of halogens is 2. The Morgan fingerprint density at radius 3 is 2.58 bits per heavy atom. The van der Waals surface area contributed by atoms with Gasteiger partial charge in [0, 0.05) is 36.6 Å². The molecule has 0 fully saturated rings. The standard InChI is InChI=1S/C24H31F2N7O4S/c1-6-11-38(35,36)32-19-8-7-17(25)20(21(19)26)22-16(13-33(31-22)14(2)3)18-9-10-27-23(30-18)28-12-15(4)29-24(34)37-5/h7-10,13-15,32H,6,11-12H2,1-5H3,(H,29,34)(H,27,28,30). The lowest BCUT2D eigenvalue weighted by Gasteiger charge is -2.14. The summed E-state index contributed by atoms with van der Waals surface area (Å²) in [6.45, 7) is 7.42. The van der Waals surface area contributed by atoms with Gasteiger partial charge in [0.1, 0.15) is 11.5 Å². The van der Waals surface area contributed by atoms with Crippen LogP contribution in [0.1, 0.15) is 40.2 Å². The smallest absolute Gasteiger partial charge is 0.407 e. The van der Waals surface area contributed by atoms with Crippen LogP contribution >= 0.6 is 0 Å². The van der Waals surface area contributed by atoms with E-state index in [4.69, 9.17) is 0 Å². The van der Waals surface area contributed by atoms with Gasteiger partial charge >= 0.3 is 6.09 Å². The van der Waals surface area contributed by atoms with Crippen LogP contribution in [0.3, 0.4) is 0 Å². The quantitative estimate of drug-likeness (QED) is 0.323. The van der Waals surface area contributed by atoms with Crippen molar-refractivity contribution in [2.75, 3.05) is 29.4 Å². The normalized spacial score (nSPS) is 12.3.